The van der Waals surface area contributed by atoms with Crippen LogP contribution in [0.1, 0.15) is 18.5 Å². The number of amides is 3. The number of urea groups is 1. The van der Waals surface area contributed by atoms with Crippen molar-refractivity contribution in [3.63, 3.8) is 0 Å². The first-order valence-corrected chi connectivity index (χ1v) is 10.5. The zero-order valence-electron chi connectivity index (χ0n) is 16.7. The Hall–Kier alpha value is -3.33. The number of para-hydroxylation sites is 1. The van der Waals surface area contributed by atoms with E-state index in [0.29, 0.717) is 34.9 Å². The predicted octanol–water partition coefficient (Wildman–Crippen LogP) is 3.36. The maximum Gasteiger partial charge on any atom is 0.338 e. The maximum atomic E-state index is 12.9. The molecule has 1 unspecified atom stereocenters. The van der Waals surface area contributed by atoms with Crippen LogP contribution in [0.25, 0.3) is 0 Å². The van der Waals surface area contributed by atoms with Crippen molar-refractivity contribution >= 4 is 39.5 Å². The van der Waals surface area contributed by atoms with Crippen molar-refractivity contribution in [3.05, 3.63) is 69.8 Å². The number of carbonyl (C=O) groups is 3. The van der Waals surface area contributed by atoms with Crippen LogP contribution < -0.4 is 15.4 Å². The molecule has 0 fully saturated rings. The molecule has 0 bridgehead atoms. The van der Waals surface area contributed by atoms with E-state index in [1.165, 1.54) is 4.90 Å². The molecule has 2 aromatic carbocycles. The number of nitrogens with one attached hydrogen (secondary N) is 2. The highest BCUT2D eigenvalue weighted by molar-refractivity contribution is 9.10. The van der Waals surface area contributed by atoms with Crippen molar-refractivity contribution in [1.82, 2.24) is 10.2 Å². The molecule has 0 aromatic heterocycles. The van der Waals surface area contributed by atoms with Crippen molar-refractivity contribution < 1.29 is 23.9 Å². The predicted molar refractivity (Wildman–Crippen MR) is 116 cm³/mol. The molecule has 0 saturated heterocycles. The Kier molecular flexibility index (Phi) is 5.94. The van der Waals surface area contributed by atoms with Crippen LogP contribution in [0.5, 0.6) is 5.75 Å². The van der Waals surface area contributed by atoms with E-state index in [4.69, 9.17) is 9.47 Å². The van der Waals surface area contributed by atoms with Crippen LogP contribution in [0, 0.1) is 0 Å². The lowest BCUT2D eigenvalue weighted by molar-refractivity contribution is -0.136. The van der Waals surface area contributed by atoms with Gasteiger partial charge in [0.2, 0.25) is 5.91 Å². The van der Waals surface area contributed by atoms with Crippen molar-refractivity contribution in [2.45, 2.75) is 13.0 Å². The minimum atomic E-state index is -0.718. The Morgan fingerprint density at radius 1 is 1.26 bits per heavy atom. The number of cyclic esters (lactones) is 1. The zero-order chi connectivity index (χ0) is 22.0. The summed E-state index contributed by atoms with van der Waals surface area (Å²) in [7, 11) is 0. The third kappa shape index (κ3) is 4.27. The SMILES string of the molecule is CCOc1ccccc1C1NC(=O)N(CC(=O)Nc2cccc(Br)c2)C2=C1C(=O)OC2. The summed E-state index contributed by atoms with van der Waals surface area (Å²) in [5.74, 6) is -0.348. The van der Waals surface area contributed by atoms with Gasteiger partial charge in [-0.1, -0.05) is 40.2 Å². The van der Waals surface area contributed by atoms with Gasteiger partial charge in [-0.2, -0.15) is 0 Å². The summed E-state index contributed by atoms with van der Waals surface area (Å²) < 4.78 is 11.7. The van der Waals surface area contributed by atoms with E-state index in [1.807, 2.05) is 25.1 Å². The minimum absolute atomic E-state index is 0.0704. The molecule has 2 aliphatic rings. The van der Waals surface area contributed by atoms with Gasteiger partial charge in [-0.3, -0.25) is 9.69 Å². The van der Waals surface area contributed by atoms with Gasteiger partial charge in [-0.15, -0.1) is 0 Å². The van der Waals surface area contributed by atoms with Gasteiger partial charge in [0.15, 0.2) is 0 Å². The summed E-state index contributed by atoms with van der Waals surface area (Å²) in [6, 6.07) is 13.1. The Balaban J connectivity index is 1.62. The lowest BCUT2D eigenvalue weighted by atomic mass is 9.95. The lowest BCUT2D eigenvalue weighted by Gasteiger charge is -2.33. The number of rotatable bonds is 6. The normalized spacial score (nSPS) is 17.7. The Bertz CT molecular complexity index is 1080. The second-order valence-electron chi connectivity index (χ2n) is 6.93. The monoisotopic (exact) mass is 485 g/mol. The fourth-order valence-corrected chi connectivity index (χ4v) is 4.03. The number of carbonyl (C=O) groups excluding carboxylic acids is 3. The molecule has 2 aliphatic heterocycles. The largest absolute Gasteiger partial charge is 0.494 e. The number of hydrogen-bond donors (Lipinski definition) is 2. The van der Waals surface area contributed by atoms with E-state index in [0.717, 1.165) is 4.47 Å². The average Bonchev–Trinajstić information content (AvgIpc) is 3.12. The molecular weight excluding hydrogens is 466 g/mol. The van der Waals surface area contributed by atoms with Gasteiger partial charge in [0.1, 0.15) is 18.9 Å². The van der Waals surface area contributed by atoms with Gasteiger partial charge in [-0.05, 0) is 31.2 Å². The molecule has 0 aliphatic carbocycles. The average molecular weight is 486 g/mol. The third-order valence-corrected chi connectivity index (χ3v) is 5.43. The van der Waals surface area contributed by atoms with Gasteiger partial charge in [-0.25, -0.2) is 9.59 Å². The molecular formula is C22H20BrN3O5. The summed E-state index contributed by atoms with van der Waals surface area (Å²) in [6.07, 6.45) is 0. The molecule has 0 radical (unpaired) electrons. The number of benzene rings is 2. The van der Waals surface area contributed by atoms with E-state index in [2.05, 4.69) is 26.6 Å². The fourth-order valence-electron chi connectivity index (χ4n) is 3.63. The molecule has 160 valence electrons. The fraction of sp³-hybridized carbons (Fsp3) is 0.227. The molecule has 2 N–H and O–H groups in total. The summed E-state index contributed by atoms with van der Waals surface area (Å²) in [5.41, 5.74) is 1.94. The van der Waals surface area contributed by atoms with Crippen LogP contribution in [0.2, 0.25) is 0 Å². The highest BCUT2D eigenvalue weighted by Gasteiger charge is 2.43. The summed E-state index contributed by atoms with van der Waals surface area (Å²) >= 11 is 3.35. The summed E-state index contributed by atoms with van der Waals surface area (Å²) in [6.45, 7) is 1.97. The quantitative estimate of drug-likeness (QED) is 0.611. The van der Waals surface area contributed by atoms with Gasteiger partial charge in [0, 0.05) is 15.7 Å². The van der Waals surface area contributed by atoms with Crippen LogP contribution in [-0.2, 0) is 14.3 Å². The number of esters is 1. The number of hydrogen-bond acceptors (Lipinski definition) is 5. The molecule has 2 aromatic rings. The van der Waals surface area contributed by atoms with Crippen LogP contribution >= 0.6 is 15.9 Å². The number of halogens is 1. The maximum absolute atomic E-state index is 12.9. The first kappa shape index (κ1) is 20.9. The smallest absolute Gasteiger partial charge is 0.338 e. The molecule has 2 heterocycles. The topological polar surface area (TPSA) is 97.0 Å². The van der Waals surface area contributed by atoms with E-state index in [1.54, 1.807) is 30.3 Å². The second-order valence-corrected chi connectivity index (χ2v) is 7.85. The number of nitrogens with zero attached hydrogens (tertiary/aromatic N) is 1. The van der Waals surface area contributed by atoms with Gasteiger partial charge < -0.3 is 20.1 Å². The van der Waals surface area contributed by atoms with Crippen molar-refractivity contribution in [2.75, 3.05) is 25.1 Å². The second kappa shape index (κ2) is 8.81. The molecule has 0 spiro atoms. The molecule has 4 rings (SSSR count). The summed E-state index contributed by atoms with van der Waals surface area (Å²) in [5, 5.41) is 5.57. The molecule has 1 atom stereocenters. The van der Waals surface area contributed by atoms with Crippen molar-refractivity contribution in [1.29, 1.82) is 0 Å². The zero-order valence-corrected chi connectivity index (χ0v) is 18.3. The number of anilines is 1. The molecule has 8 nitrogen and oxygen atoms in total. The number of ether oxygens (including phenoxy) is 2. The van der Waals surface area contributed by atoms with Gasteiger partial charge in [0.25, 0.3) is 0 Å². The minimum Gasteiger partial charge on any atom is -0.494 e. The van der Waals surface area contributed by atoms with Crippen LogP contribution in [0.15, 0.2) is 64.3 Å². The van der Waals surface area contributed by atoms with Crippen LogP contribution in [-0.4, -0.2) is 42.6 Å². The Labute approximate surface area is 187 Å². The van der Waals surface area contributed by atoms with Crippen molar-refractivity contribution in [2.24, 2.45) is 0 Å². The Morgan fingerprint density at radius 2 is 2.06 bits per heavy atom. The van der Waals surface area contributed by atoms with E-state index in [-0.39, 0.29) is 13.2 Å². The van der Waals surface area contributed by atoms with Crippen molar-refractivity contribution in [3.8, 4) is 5.75 Å². The van der Waals surface area contributed by atoms with Gasteiger partial charge in [0.05, 0.1) is 23.9 Å². The molecule has 9 heteroatoms. The van der Waals surface area contributed by atoms with E-state index < -0.39 is 23.9 Å². The lowest BCUT2D eigenvalue weighted by Crippen LogP contribution is -2.49. The van der Waals surface area contributed by atoms with E-state index >= 15 is 0 Å². The van der Waals surface area contributed by atoms with E-state index in [9.17, 15) is 14.4 Å². The first-order valence-electron chi connectivity index (χ1n) is 9.73. The Morgan fingerprint density at radius 3 is 2.84 bits per heavy atom. The first-order chi connectivity index (χ1) is 15.0. The molecule has 3 amide bonds. The third-order valence-electron chi connectivity index (χ3n) is 4.94. The summed E-state index contributed by atoms with van der Waals surface area (Å²) in [4.78, 5) is 39.3. The highest BCUT2D eigenvalue weighted by Crippen LogP contribution is 2.38. The highest BCUT2D eigenvalue weighted by atomic mass is 79.9. The standard InChI is InChI=1S/C22H20BrN3O5/c1-2-30-17-9-4-3-8-15(17)20-19-16(12-31-21(19)28)26(22(29)25-20)11-18(27)24-14-7-5-6-13(23)10-14/h3-10,20H,2,11-12H2,1H3,(H,24,27)(H,25,29). The molecule has 31 heavy (non-hydrogen) atoms. The van der Waals surface area contributed by atoms with Crippen LogP contribution in [0.4, 0.5) is 10.5 Å². The van der Waals surface area contributed by atoms with Crippen LogP contribution in [0.3, 0.4) is 0 Å². The van der Waals surface area contributed by atoms with Gasteiger partial charge >= 0.3 is 12.0 Å². The molecule has 0 saturated carbocycles.